The van der Waals surface area contributed by atoms with E-state index in [0.29, 0.717) is 44.8 Å². The Balaban J connectivity index is 1.37. The Morgan fingerprint density at radius 1 is 1.33 bits per heavy atom. The van der Waals surface area contributed by atoms with Crippen LogP contribution >= 0.6 is 34.7 Å². The molecule has 0 spiro atoms. The number of nitriles is 1. The Morgan fingerprint density at radius 3 is 2.75 bits per heavy atom. The van der Waals surface area contributed by atoms with Gasteiger partial charge in [-0.2, -0.15) is 5.26 Å². The number of nitrogens with zero attached hydrogens (tertiary/aromatic N) is 4. The van der Waals surface area contributed by atoms with Gasteiger partial charge in [0.15, 0.2) is 11.0 Å². The number of halogens is 1. The number of nitrogens with one attached hydrogen (secondary N) is 1. The largest absolute Gasteiger partial charge is 0.486 e. The molecule has 2 aromatic heterocycles. The molecule has 36 heavy (non-hydrogen) atoms. The van der Waals surface area contributed by atoms with Gasteiger partial charge < -0.3 is 14.6 Å². The summed E-state index contributed by atoms with van der Waals surface area (Å²) in [6.07, 6.45) is 2.92. The van der Waals surface area contributed by atoms with Crippen LogP contribution in [0.3, 0.4) is 0 Å². The number of thiophene rings is 1. The number of fused-ring (bicyclic) bond motifs is 1. The van der Waals surface area contributed by atoms with E-state index in [1.54, 1.807) is 35.6 Å². The van der Waals surface area contributed by atoms with Gasteiger partial charge in [-0.15, -0.1) is 21.5 Å². The van der Waals surface area contributed by atoms with Crippen LogP contribution in [0.4, 0.5) is 5.00 Å². The van der Waals surface area contributed by atoms with Crippen molar-refractivity contribution in [2.45, 2.75) is 65.3 Å². The molecular formula is C26H30ClN5O2S2. The average Bonchev–Trinajstić information content (AvgIpc) is 3.40. The number of carbonyl (C=O) groups is 1. The van der Waals surface area contributed by atoms with E-state index < -0.39 is 0 Å². The second kappa shape index (κ2) is 11.2. The van der Waals surface area contributed by atoms with Crippen LogP contribution < -0.4 is 10.1 Å². The maximum absolute atomic E-state index is 12.8. The Hall–Kier alpha value is -2.54. The normalized spacial score (nSPS) is 15.3. The van der Waals surface area contributed by atoms with E-state index in [1.165, 1.54) is 16.6 Å². The lowest BCUT2D eigenvalue weighted by Crippen LogP contribution is -2.26. The summed E-state index contributed by atoms with van der Waals surface area (Å²) in [5.41, 5.74) is 1.96. The van der Waals surface area contributed by atoms with E-state index in [9.17, 15) is 10.1 Å². The van der Waals surface area contributed by atoms with Crippen molar-refractivity contribution in [2.24, 2.45) is 11.3 Å². The minimum Gasteiger partial charge on any atom is -0.486 e. The van der Waals surface area contributed by atoms with E-state index in [1.807, 2.05) is 11.5 Å². The highest BCUT2D eigenvalue weighted by Gasteiger charge is 2.32. The maximum atomic E-state index is 12.8. The minimum atomic E-state index is -0.160. The molecule has 1 unspecified atom stereocenters. The van der Waals surface area contributed by atoms with Crippen molar-refractivity contribution in [3.8, 4) is 11.8 Å². The molecule has 0 radical (unpaired) electrons. The van der Waals surface area contributed by atoms with Gasteiger partial charge in [-0.1, -0.05) is 44.1 Å². The van der Waals surface area contributed by atoms with Crippen LogP contribution in [0.2, 0.25) is 5.02 Å². The molecule has 7 nitrogen and oxygen atoms in total. The fourth-order valence-electron chi connectivity index (χ4n) is 4.35. The number of amides is 1. The number of carbonyl (C=O) groups excluding carboxylic acids is 1. The summed E-state index contributed by atoms with van der Waals surface area (Å²) in [5, 5.41) is 23.2. The van der Waals surface area contributed by atoms with Crippen molar-refractivity contribution < 1.29 is 9.53 Å². The van der Waals surface area contributed by atoms with Crippen LogP contribution in [-0.4, -0.2) is 26.4 Å². The first kappa shape index (κ1) is 26.5. The summed E-state index contributed by atoms with van der Waals surface area (Å²) in [6, 6.07) is 9.47. The third-order valence-corrected chi connectivity index (χ3v) is 8.87. The predicted molar refractivity (Wildman–Crippen MR) is 145 cm³/mol. The molecule has 1 amide bonds. The summed E-state index contributed by atoms with van der Waals surface area (Å²) in [7, 11) is 0. The number of anilines is 1. The topological polar surface area (TPSA) is 92.8 Å². The molecule has 10 heteroatoms. The van der Waals surface area contributed by atoms with Gasteiger partial charge >= 0.3 is 0 Å². The first-order chi connectivity index (χ1) is 17.2. The molecular weight excluding hydrogens is 514 g/mol. The van der Waals surface area contributed by atoms with Crippen LogP contribution in [0.15, 0.2) is 29.4 Å². The second-order valence-corrected chi connectivity index (χ2v) is 12.3. The first-order valence-electron chi connectivity index (χ1n) is 12.0. The molecule has 0 bridgehead atoms. The lowest BCUT2D eigenvalue weighted by atomic mass is 9.72. The van der Waals surface area contributed by atoms with Gasteiger partial charge in [0, 0.05) is 16.4 Å². The van der Waals surface area contributed by atoms with Crippen LogP contribution in [-0.2, 0) is 30.8 Å². The summed E-state index contributed by atoms with van der Waals surface area (Å²) < 4.78 is 7.74. The number of ether oxygens (including phenoxy) is 1. The standard InChI is InChI=1S/C26H30ClN5O2S2/c1-5-32-22(14-34-18-9-7-17(27)8-10-18)30-31-25(32)35-15-23(33)29-24-20(13-28)19-11-6-16(26(2,3)4)12-21(19)36-24/h7-10,16H,5-6,11-12,14-15H2,1-4H3,(H,29,33). The highest BCUT2D eigenvalue weighted by Crippen LogP contribution is 2.44. The Kier molecular flexibility index (Phi) is 8.28. The van der Waals surface area contributed by atoms with E-state index >= 15 is 0 Å². The lowest BCUT2D eigenvalue weighted by molar-refractivity contribution is -0.113. The third-order valence-electron chi connectivity index (χ3n) is 6.48. The second-order valence-electron chi connectivity index (χ2n) is 9.85. The molecule has 1 atom stereocenters. The van der Waals surface area contributed by atoms with Gasteiger partial charge in [-0.25, -0.2) is 0 Å². The quantitative estimate of drug-likeness (QED) is 0.333. The van der Waals surface area contributed by atoms with Crippen LogP contribution in [0.25, 0.3) is 0 Å². The molecule has 0 aliphatic heterocycles. The third kappa shape index (κ3) is 6.05. The van der Waals surface area contributed by atoms with Crippen molar-refractivity contribution in [2.75, 3.05) is 11.1 Å². The summed E-state index contributed by atoms with van der Waals surface area (Å²) in [5.74, 6) is 1.97. The summed E-state index contributed by atoms with van der Waals surface area (Å²) in [4.78, 5) is 14.0. The first-order valence-corrected chi connectivity index (χ1v) is 14.1. The van der Waals surface area contributed by atoms with Gasteiger partial charge in [-0.05, 0) is 67.3 Å². The SMILES string of the molecule is CCn1c(COc2ccc(Cl)cc2)nnc1SCC(=O)Nc1sc2c(c1C#N)CCC(C(C)(C)C)C2. The molecule has 3 aromatic rings. The zero-order valence-corrected chi connectivity index (χ0v) is 23.3. The van der Waals surface area contributed by atoms with Crippen molar-refractivity contribution in [3.63, 3.8) is 0 Å². The maximum Gasteiger partial charge on any atom is 0.235 e. The van der Waals surface area contributed by atoms with Crippen LogP contribution in [0.1, 0.15) is 55.9 Å². The van der Waals surface area contributed by atoms with Crippen molar-refractivity contribution >= 4 is 45.6 Å². The number of benzene rings is 1. The molecule has 0 fully saturated rings. The lowest BCUT2D eigenvalue weighted by Gasteiger charge is -2.33. The molecule has 4 rings (SSSR count). The Bertz CT molecular complexity index is 1270. The highest BCUT2D eigenvalue weighted by atomic mass is 35.5. The zero-order valence-electron chi connectivity index (χ0n) is 20.9. The van der Waals surface area contributed by atoms with E-state index in [0.717, 1.165) is 24.8 Å². The van der Waals surface area contributed by atoms with Crippen molar-refractivity contribution in [1.82, 2.24) is 14.8 Å². The van der Waals surface area contributed by atoms with Crippen LogP contribution in [0, 0.1) is 22.7 Å². The molecule has 0 saturated carbocycles. The minimum absolute atomic E-state index is 0.160. The molecule has 0 saturated heterocycles. The van der Waals surface area contributed by atoms with Crippen molar-refractivity contribution in [3.05, 3.63) is 51.1 Å². The molecule has 1 aliphatic carbocycles. The predicted octanol–water partition coefficient (Wildman–Crippen LogP) is 6.35. The van der Waals surface area contributed by atoms with E-state index in [4.69, 9.17) is 16.3 Å². The number of thioether (sulfide) groups is 1. The molecule has 1 aliphatic rings. The van der Waals surface area contributed by atoms with Crippen LogP contribution in [0.5, 0.6) is 5.75 Å². The molecule has 190 valence electrons. The average molecular weight is 544 g/mol. The fourth-order valence-corrected chi connectivity index (χ4v) is 6.59. The Morgan fingerprint density at radius 2 is 2.08 bits per heavy atom. The summed E-state index contributed by atoms with van der Waals surface area (Å²) >= 11 is 8.80. The molecule has 2 heterocycles. The molecule has 1 N–H and O–H groups in total. The van der Waals surface area contributed by atoms with E-state index in [2.05, 4.69) is 42.4 Å². The smallest absolute Gasteiger partial charge is 0.235 e. The number of hydrogen-bond donors (Lipinski definition) is 1. The van der Waals surface area contributed by atoms with Gasteiger partial charge in [-0.3, -0.25) is 4.79 Å². The Labute approximate surface area is 225 Å². The van der Waals surface area contributed by atoms with Gasteiger partial charge in [0.1, 0.15) is 23.4 Å². The van der Waals surface area contributed by atoms with Gasteiger partial charge in [0.05, 0.1) is 11.3 Å². The number of hydrogen-bond acceptors (Lipinski definition) is 7. The molecule has 1 aromatic carbocycles. The number of rotatable bonds is 8. The zero-order chi connectivity index (χ0) is 25.9. The monoisotopic (exact) mass is 543 g/mol. The summed E-state index contributed by atoms with van der Waals surface area (Å²) in [6.45, 7) is 9.72. The van der Waals surface area contributed by atoms with Gasteiger partial charge in [0.2, 0.25) is 5.91 Å². The number of aromatic nitrogens is 3. The fraction of sp³-hybridized carbons (Fsp3) is 0.462. The highest BCUT2D eigenvalue weighted by molar-refractivity contribution is 7.99. The van der Waals surface area contributed by atoms with Gasteiger partial charge in [0.25, 0.3) is 0 Å². The van der Waals surface area contributed by atoms with Crippen molar-refractivity contribution in [1.29, 1.82) is 5.26 Å². The van der Waals surface area contributed by atoms with E-state index in [-0.39, 0.29) is 23.7 Å².